The maximum Gasteiger partial charge on any atom is 0.500 e. The van der Waals surface area contributed by atoms with Gasteiger partial charge in [-0.3, -0.25) is 0 Å². The summed E-state index contributed by atoms with van der Waals surface area (Å²) in [6.45, 7) is 2.23. The minimum absolute atomic E-state index is 0.933. The molecule has 0 aliphatic heterocycles. The molecule has 0 bridgehead atoms. The Bertz CT molecular complexity index is 184. The van der Waals surface area contributed by atoms with Gasteiger partial charge in [-0.1, -0.05) is 77.6 Å². The second-order valence-electron chi connectivity index (χ2n) is 5.93. The maximum absolute atomic E-state index is 5.36. The molecular weight excluding hydrogens is 280 g/mol. The first-order valence-electron chi connectivity index (χ1n) is 8.90. The molecule has 4 heteroatoms. The van der Waals surface area contributed by atoms with E-state index >= 15 is 0 Å². The van der Waals surface area contributed by atoms with Crippen molar-refractivity contribution >= 4 is 8.80 Å². The quantitative estimate of drug-likeness (QED) is 0.389. The summed E-state index contributed by atoms with van der Waals surface area (Å²) in [5.41, 5.74) is 0. The third-order valence-electron chi connectivity index (χ3n) is 4.27. The highest BCUT2D eigenvalue weighted by molar-refractivity contribution is 6.60. The minimum Gasteiger partial charge on any atom is -0.377 e. The zero-order valence-electron chi connectivity index (χ0n) is 14.9. The average molecular weight is 319 g/mol. The Balaban J connectivity index is 0.000000547. The minimum atomic E-state index is -2.29. The van der Waals surface area contributed by atoms with Crippen molar-refractivity contribution in [2.24, 2.45) is 0 Å². The number of hydrogen-bond acceptors (Lipinski definition) is 3. The highest BCUT2D eigenvalue weighted by Gasteiger charge is 2.36. The third kappa shape index (κ3) is 11.3. The van der Waals surface area contributed by atoms with Crippen LogP contribution in [0.15, 0.2) is 0 Å². The molecule has 1 saturated carbocycles. The molecular formula is C17H38O3Si. The van der Waals surface area contributed by atoms with E-state index in [1.807, 2.05) is 0 Å². The lowest BCUT2D eigenvalue weighted by atomic mass is 10.0. The van der Waals surface area contributed by atoms with Crippen LogP contribution >= 0.6 is 0 Å². The Labute approximate surface area is 134 Å². The molecule has 1 fully saturated rings. The van der Waals surface area contributed by atoms with Crippen molar-refractivity contribution in [1.29, 1.82) is 0 Å². The van der Waals surface area contributed by atoms with Gasteiger partial charge >= 0.3 is 8.80 Å². The molecule has 128 valence electrons. The van der Waals surface area contributed by atoms with Crippen LogP contribution in [0.5, 0.6) is 0 Å². The monoisotopic (exact) mass is 318 g/mol. The molecule has 0 atom stereocenters. The van der Waals surface area contributed by atoms with Crippen molar-refractivity contribution in [2.45, 2.75) is 90.0 Å². The predicted octanol–water partition coefficient (Wildman–Crippen LogP) is 5.57. The highest BCUT2D eigenvalue weighted by atomic mass is 28.4. The van der Waals surface area contributed by atoms with Gasteiger partial charge in [0.05, 0.1) is 0 Å². The highest BCUT2D eigenvalue weighted by Crippen LogP contribution is 2.18. The van der Waals surface area contributed by atoms with Crippen molar-refractivity contribution < 1.29 is 13.3 Å². The van der Waals surface area contributed by atoms with Gasteiger partial charge in [-0.2, -0.15) is 0 Å². The van der Waals surface area contributed by atoms with Crippen LogP contribution in [0, 0.1) is 0 Å². The summed E-state index contributed by atoms with van der Waals surface area (Å²) in [6, 6.07) is 0.933. The second-order valence-corrected chi connectivity index (χ2v) is 9.03. The molecule has 3 nitrogen and oxygen atoms in total. The van der Waals surface area contributed by atoms with Crippen molar-refractivity contribution in [3.8, 4) is 0 Å². The average Bonchev–Trinajstić information content (AvgIpc) is 2.57. The van der Waals surface area contributed by atoms with Crippen LogP contribution in [0.4, 0.5) is 0 Å². The first kappa shape index (κ1) is 21.1. The summed E-state index contributed by atoms with van der Waals surface area (Å²) < 4.78 is 16.1. The van der Waals surface area contributed by atoms with Crippen LogP contribution in [0.2, 0.25) is 6.04 Å². The van der Waals surface area contributed by atoms with Gasteiger partial charge in [0.2, 0.25) is 0 Å². The zero-order chi connectivity index (χ0) is 15.8. The Hall–Kier alpha value is 0.0969. The summed E-state index contributed by atoms with van der Waals surface area (Å²) in [7, 11) is 2.74. The molecule has 0 heterocycles. The SMILES string of the molecule is C1CCCCC1.CCCCCCCC[Si](OC)(OC)OC. The van der Waals surface area contributed by atoms with Crippen molar-refractivity contribution in [1.82, 2.24) is 0 Å². The van der Waals surface area contributed by atoms with E-state index in [4.69, 9.17) is 13.3 Å². The standard InChI is InChI=1S/C11H26O3Si.C6H12/c1-5-6-7-8-9-10-11-15(12-2,13-3)14-4;1-2-4-6-5-3-1/h5-11H2,1-4H3;1-6H2. The molecule has 0 aromatic heterocycles. The number of rotatable bonds is 10. The fraction of sp³-hybridized carbons (Fsp3) is 1.00. The summed E-state index contributed by atoms with van der Waals surface area (Å²) >= 11 is 0. The van der Waals surface area contributed by atoms with Gasteiger partial charge < -0.3 is 13.3 Å². The van der Waals surface area contributed by atoms with E-state index in [0.29, 0.717) is 0 Å². The smallest absolute Gasteiger partial charge is 0.377 e. The summed E-state index contributed by atoms with van der Waals surface area (Å²) in [5, 5.41) is 0. The van der Waals surface area contributed by atoms with Crippen LogP contribution in [0.1, 0.15) is 84.0 Å². The predicted molar refractivity (Wildman–Crippen MR) is 92.7 cm³/mol. The fourth-order valence-corrected chi connectivity index (χ4v) is 4.53. The lowest BCUT2D eigenvalue weighted by Gasteiger charge is -2.24. The lowest BCUT2D eigenvalue weighted by molar-refractivity contribution is 0.122. The van der Waals surface area contributed by atoms with Gasteiger partial charge in [0.1, 0.15) is 0 Å². The Morgan fingerprint density at radius 3 is 1.38 bits per heavy atom. The topological polar surface area (TPSA) is 27.7 Å². The molecule has 0 radical (unpaired) electrons. The van der Waals surface area contributed by atoms with Crippen LogP contribution in [0.25, 0.3) is 0 Å². The van der Waals surface area contributed by atoms with E-state index in [-0.39, 0.29) is 0 Å². The summed E-state index contributed by atoms with van der Waals surface area (Å²) in [5.74, 6) is 0. The molecule has 0 unspecified atom stereocenters. The first-order chi connectivity index (χ1) is 10.2. The molecule has 1 aliphatic carbocycles. The van der Waals surface area contributed by atoms with Crippen LogP contribution in [-0.4, -0.2) is 30.1 Å². The van der Waals surface area contributed by atoms with E-state index in [2.05, 4.69) is 6.92 Å². The van der Waals surface area contributed by atoms with E-state index in [1.54, 1.807) is 21.3 Å². The molecule has 0 saturated heterocycles. The molecule has 0 amide bonds. The van der Waals surface area contributed by atoms with Gasteiger partial charge in [0, 0.05) is 27.4 Å². The molecule has 1 rings (SSSR count). The van der Waals surface area contributed by atoms with E-state index in [0.717, 1.165) is 12.5 Å². The fourth-order valence-electron chi connectivity index (χ4n) is 2.74. The summed E-state index contributed by atoms with van der Waals surface area (Å²) in [6.07, 6.45) is 16.7. The Morgan fingerprint density at radius 2 is 1.00 bits per heavy atom. The molecule has 1 aliphatic rings. The van der Waals surface area contributed by atoms with Gasteiger partial charge in [-0.25, -0.2) is 0 Å². The molecule has 0 spiro atoms. The van der Waals surface area contributed by atoms with Crippen molar-refractivity contribution in [3.05, 3.63) is 0 Å². The van der Waals surface area contributed by atoms with Gasteiger partial charge in [-0.15, -0.1) is 0 Å². The van der Waals surface area contributed by atoms with E-state index in [9.17, 15) is 0 Å². The van der Waals surface area contributed by atoms with Crippen molar-refractivity contribution in [3.63, 3.8) is 0 Å². The van der Waals surface area contributed by atoms with Crippen LogP contribution < -0.4 is 0 Å². The molecule has 0 aromatic rings. The third-order valence-corrected chi connectivity index (χ3v) is 7.10. The van der Waals surface area contributed by atoms with E-state index < -0.39 is 8.80 Å². The summed E-state index contributed by atoms with van der Waals surface area (Å²) in [4.78, 5) is 0. The normalized spacial score (nSPS) is 15.4. The van der Waals surface area contributed by atoms with Gasteiger partial charge in [-0.05, 0) is 6.42 Å². The first-order valence-corrected chi connectivity index (χ1v) is 10.8. The zero-order valence-corrected chi connectivity index (χ0v) is 15.9. The Morgan fingerprint density at radius 1 is 0.619 bits per heavy atom. The molecule has 0 N–H and O–H groups in total. The molecule has 0 aromatic carbocycles. The van der Waals surface area contributed by atoms with Gasteiger partial charge in [0.15, 0.2) is 0 Å². The van der Waals surface area contributed by atoms with Crippen LogP contribution in [-0.2, 0) is 13.3 Å². The number of hydrogen-bond donors (Lipinski definition) is 0. The van der Waals surface area contributed by atoms with Crippen molar-refractivity contribution in [2.75, 3.05) is 21.3 Å². The number of unbranched alkanes of at least 4 members (excludes halogenated alkanes) is 5. The van der Waals surface area contributed by atoms with Gasteiger partial charge in [0.25, 0.3) is 0 Å². The molecule has 21 heavy (non-hydrogen) atoms. The van der Waals surface area contributed by atoms with Crippen LogP contribution in [0.3, 0.4) is 0 Å². The largest absolute Gasteiger partial charge is 0.500 e. The van der Waals surface area contributed by atoms with E-state index in [1.165, 1.54) is 70.6 Å². The second kappa shape index (κ2) is 15.0. The maximum atomic E-state index is 5.36. The Kier molecular flexibility index (Phi) is 15.1. The lowest BCUT2D eigenvalue weighted by Crippen LogP contribution is -2.42.